The average Bonchev–Trinajstić information content (AvgIpc) is 2.79. The van der Waals surface area contributed by atoms with Gasteiger partial charge in [0.2, 0.25) is 0 Å². The van der Waals surface area contributed by atoms with E-state index in [0.29, 0.717) is 5.56 Å². The van der Waals surface area contributed by atoms with Gasteiger partial charge in [-0.25, -0.2) is 4.57 Å². The van der Waals surface area contributed by atoms with Crippen LogP contribution in [-0.2, 0) is 6.54 Å². The van der Waals surface area contributed by atoms with E-state index in [-0.39, 0.29) is 28.5 Å². The van der Waals surface area contributed by atoms with Crippen molar-refractivity contribution < 1.29 is 31.4 Å². The Labute approximate surface area is 205 Å². The summed E-state index contributed by atoms with van der Waals surface area (Å²) >= 11 is 0. The highest BCUT2D eigenvalue weighted by atomic mass is 79.9. The number of phenolic OH excluding ortho intramolecular Hbond substituents is 1. The van der Waals surface area contributed by atoms with Crippen molar-refractivity contribution in [1.29, 1.82) is 0 Å². The van der Waals surface area contributed by atoms with Crippen LogP contribution >= 0.6 is 0 Å². The molecule has 1 aromatic carbocycles. The number of ketones is 1. The van der Waals surface area contributed by atoms with Gasteiger partial charge < -0.3 is 22.1 Å². The number of unbranched alkanes of at least 4 members (excludes halogenated alkanes) is 11. The summed E-state index contributed by atoms with van der Waals surface area (Å²) in [5.41, 5.74) is 1.49. The Morgan fingerprint density at radius 3 is 1.97 bits per heavy atom. The second-order valence-electron chi connectivity index (χ2n) is 8.51. The first-order valence-corrected chi connectivity index (χ1v) is 12.2. The van der Waals surface area contributed by atoms with Crippen molar-refractivity contribution in [2.45, 2.75) is 90.5 Å². The van der Waals surface area contributed by atoms with Crippen LogP contribution in [0.4, 0.5) is 0 Å². The number of aryl methyl sites for hydroxylation is 1. The first kappa shape index (κ1) is 28.1. The van der Waals surface area contributed by atoms with E-state index >= 15 is 0 Å². The molecule has 3 nitrogen and oxygen atoms in total. The average molecular weight is 503 g/mol. The molecule has 0 saturated heterocycles. The van der Waals surface area contributed by atoms with Crippen molar-refractivity contribution in [1.82, 2.24) is 0 Å². The van der Waals surface area contributed by atoms with Crippen molar-refractivity contribution in [3.8, 4) is 5.75 Å². The van der Waals surface area contributed by atoms with E-state index in [2.05, 4.69) is 23.9 Å². The van der Waals surface area contributed by atoms with Crippen LogP contribution in [0.5, 0.6) is 5.75 Å². The maximum atomic E-state index is 12.2. The van der Waals surface area contributed by atoms with Crippen LogP contribution in [-0.4, -0.2) is 10.9 Å². The molecule has 0 aliphatic carbocycles. The second-order valence-corrected chi connectivity index (χ2v) is 8.51. The first-order chi connectivity index (χ1) is 15.2. The van der Waals surface area contributed by atoms with E-state index in [9.17, 15) is 9.90 Å². The Morgan fingerprint density at radius 2 is 1.41 bits per heavy atom. The number of halogens is 1. The molecule has 1 heterocycles. The van der Waals surface area contributed by atoms with Gasteiger partial charge in [-0.05, 0) is 30.2 Å². The quantitative estimate of drug-likeness (QED) is 0.161. The molecular weight excluding hydrogens is 462 g/mol. The highest BCUT2D eigenvalue weighted by Crippen LogP contribution is 2.13. The van der Waals surface area contributed by atoms with E-state index in [0.717, 1.165) is 12.1 Å². The molecule has 0 aliphatic heterocycles. The van der Waals surface area contributed by atoms with E-state index in [1.54, 1.807) is 24.3 Å². The van der Waals surface area contributed by atoms with Gasteiger partial charge in [0.05, 0.1) is 0 Å². The number of carbonyl (C=O) groups is 1. The Hall–Kier alpha value is -1.94. The van der Waals surface area contributed by atoms with Crippen LogP contribution in [0.3, 0.4) is 0 Å². The molecule has 0 spiro atoms. The molecule has 4 heteroatoms. The van der Waals surface area contributed by atoms with Crippen LogP contribution in [0, 0.1) is 0 Å². The van der Waals surface area contributed by atoms with Gasteiger partial charge in [-0.2, -0.15) is 0 Å². The summed E-state index contributed by atoms with van der Waals surface area (Å²) in [5, 5.41) is 9.48. The van der Waals surface area contributed by atoms with E-state index in [1.165, 1.54) is 83.1 Å². The molecule has 1 aromatic heterocycles. The molecule has 32 heavy (non-hydrogen) atoms. The second kappa shape index (κ2) is 17.6. The van der Waals surface area contributed by atoms with Gasteiger partial charge in [0.1, 0.15) is 12.3 Å². The summed E-state index contributed by atoms with van der Waals surface area (Å²) in [4.78, 5) is 12.2. The zero-order valence-corrected chi connectivity index (χ0v) is 21.2. The maximum Gasteiger partial charge on any atom is 0.185 e. The van der Waals surface area contributed by atoms with Crippen molar-refractivity contribution in [3.63, 3.8) is 0 Å². The van der Waals surface area contributed by atoms with Gasteiger partial charge >= 0.3 is 0 Å². The monoisotopic (exact) mass is 501 g/mol. The van der Waals surface area contributed by atoms with Crippen LogP contribution in [0.25, 0.3) is 6.08 Å². The van der Waals surface area contributed by atoms with Crippen LogP contribution in [0.15, 0.2) is 54.9 Å². The molecule has 0 bridgehead atoms. The number of hydrogen-bond acceptors (Lipinski definition) is 2. The minimum atomic E-state index is -0.107. The van der Waals surface area contributed by atoms with Crippen LogP contribution < -0.4 is 21.5 Å². The fourth-order valence-corrected chi connectivity index (χ4v) is 3.79. The SMILES string of the molecule is CCCCCCCCCCCCCC[n+]1ccc(/C=C/C(=O)c2cccc(O)c2)cc1.[Br-]. The number of rotatable bonds is 16. The first-order valence-electron chi connectivity index (χ1n) is 12.2. The summed E-state index contributed by atoms with van der Waals surface area (Å²) in [6.07, 6.45) is 24.0. The zero-order chi connectivity index (χ0) is 22.2. The molecule has 0 fully saturated rings. The molecule has 176 valence electrons. The standard InChI is InChI=1S/C28H39NO2.BrH/c1-2-3-4-5-6-7-8-9-10-11-12-13-21-29-22-19-25(20-23-29)17-18-28(31)26-15-14-16-27(30)24-26;/h14-20,22-24H,2-13,21H2,1H3;1H/b18-17+;. The Balaban J connectivity index is 0.00000512. The number of aromatic hydroxyl groups is 1. The topological polar surface area (TPSA) is 41.2 Å². The number of pyridine rings is 1. The molecule has 0 unspecified atom stereocenters. The molecule has 0 radical (unpaired) electrons. The van der Waals surface area contributed by atoms with E-state index in [4.69, 9.17) is 0 Å². The lowest BCUT2D eigenvalue weighted by atomic mass is 10.1. The third-order valence-electron chi connectivity index (χ3n) is 5.74. The third kappa shape index (κ3) is 12.2. The molecule has 0 aliphatic rings. The number of aromatic nitrogens is 1. The van der Waals surface area contributed by atoms with Gasteiger partial charge in [-0.3, -0.25) is 4.79 Å². The molecule has 1 N–H and O–H groups in total. The maximum absolute atomic E-state index is 12.2. The van der Waals surface area contributed by atoms with Crippen LogP contribution in [0.2, 0.25) is 0 Å². The van der Waals surface area contributed by atoms with Crippen molar-refractivity contribution >= 4 is 11.9 Å². The molecule has 2 rings (SSSR count). The van der Waals surface area contributed by atoms with E-state index < -0.39 is 0 Å². The predicted octanol–water partition coefficient (Wildman–Crippen LogP) is 4.28. The van der Waals surface area contributed by atoms with Gasteiger partial charge in [0, 0.05) is 24.1 Å². The zero-order valence-electron chi connectivity index (χ0n) is 19.6. The fourth-order valence-electron chi connectivity index (χ4n) is 3.79. The number of hydrogen-bond donors (Lipinski definition) is 1. The van der Waals surface area contributed by atoms with Gasteiger partial charge in [0.15, 0.2) is 18.2 Å². The molecular formula is C28H40BrNO2. The number of benzene rings is 1. The van der Waals surface area contributed by atoms with Crippen molar-refractivity contribution in [2.24, 2.45) is 0 Å². The summed E-state index contributed by atoms with van der Waals surface area (Å²) in [6, 6.07) is 10.5. The number of phenols is 1. The Morgan fingerprint density at radius 1 is 0.844 bits per heavy atom. The predicted molar refractivity (Wildman–Crippen MR) is 129 cm³/mol. The summed E-state index contributed by atoms with van der Waals surface area (Å²) in [6.45, 7) is 3.32. The van der Waals surface area contributed by atoms with Crippen molar-refractivity contribution in [2.75, 3.05) is 0 Å². The smallest absolute Gasteiger partial charge is 0.185 e. The highest BCUT2D eigenvalue weighted by Gasteiger charge is 2.03. The third-order valence-corrected chi connectivity index (χ3v) is 5.74. The summed E-state index contributed by atoms with van der Waals surface area (Å²) in [5.74, 6) is 0.00179. The van der Waals surface area contributed by atoms with Gasteiger partial charge in [0.25, 0.3) is 0 Å². The molecule has 0 amide bonds. The number of allylic oxidation sites excluding steroid dienone is 1. The highest BCUT2D eigenvalue weighted by molar-refractivity contribution is 6.06. The Kier molecular flexibility index (Phi) is 15.4. The minimum absolute atomic E-state index is 0. The van der Waals surface area contributed by atoms with Gasteiger partial charge in [-0.1, -0.05) is 89.3 Å². The summed E-state index contributed by atoms with van der Waals surface area (Å²) in [7, 11) is 0. The molecule has 2 aromatic rings. The van der Waals surface area contributed by atoms with Crippen LogP contribution in [0.1, 0.15) is 99.9 Å². The molecule has 0 saturated carbocycles. The lowest BCUT2D eigenvalue weighted by Crippen LogP contribution is -3.00. The largest absolute Gasteiger partial charge is 1.00 e. The normalized spacial score (nSPS) is 10.9. The van der Waals surface area contributed by atoms with Gasteiger partial charge in [-0.15, -0.1) is 0 Å². The lowest BCUT2D eigenvalue weighted by molar-refractivity contribution is -0.697. The molecule has 0 atom stereocenters. The minimum Gasteiger partial charge on any atom is -1.00 e. The van der Waals surface area contributed by atoms with Crippen molar-refractivity contribution in [3.05, 3.63) is 66.0 Å². The number of carbonyl (C=O) groups excluding carboxylic acids is 1. The summed E-state index contributed by atoms with van der Waals surface area (Å²) < 4.78 is 2.21. The number of nitrogens with zero attached hydrogens (tertiary/aromatic N) is 1. The van der Waals surface area contributed by atoms with E-state index in [1.807, 2.05) is 18.2 Å². The Bertz CT molecular complexity index is 786. The fraction of sp³-hybridized carbons (Fsp3) is 0.500. The lowest BCUT2D eigenvalue weighted by Gasteiger charge is -2.02.